The van der Waals surface area contributed by atoms with Crippen LogP contribution < -0.4 is 10.6 Å². The van der Waals surface area contributed by atoms with Crippen molar-refractivity contribution in [3.05, 3.63) is 17.6 Å². The molecule has 0 unspecified atom stereocenters. The van der Waals surface area contributed by atoms with Gasteiger partial charge in [-0.1, -0.05) is 0 Å². The van der Waals surface area contributed by atoms with Gasteiger partial charge in [0, 0.05) is 25.9 Å². The lowest BCUT2D eigenvalue weighted by Crippen LogP contribution is -2.45. The van der Waals surface area contributed by atoms with Crippen LogP contribution in [0.25, 0.3) is 10.2 Å². The van der Waals surface area contributed by atoms with Gasteiger partial charge in [0.2, 0.25) is 0 Å². The fraction of sp³-hybridized carbons (Fsp3) is 0.500. The average Bonchev–Trinajstić information content (AvgIpc) is 3.11. The maximum Gasteiger partial charge on any atom is 0.171 e. The van der Waals surface area contributed by atoms with Gasteiger partial charge < -0.3 is 20.1 Å². The minimum absolute atomic E-state index is 0.337. The van der Waals surface area contributed by atoms with Gasteiger partial charge in [-0.2, -0.15) is 0 Å². The van der Waals surface area contributed by atoms with Gasteiger partial charge in [-0.3, -0.25) is 0 Å². The fourth-order valence-corrected chi connectivity index (χ4v) is 3.78. The van der Waals surface area contributed by atoms with Crippen LogP contribution in [0.1, 0.15) is 12.8 Å². The molecule has 3 heterocycles. The SMILES string of the molecule is Nc1c(N2CCC3(CC2)OCCO3)ccc2scnc12. The minimum atomic E-state index is -0.337. The lowest BCUT2D eigenvalue weighted by atomic mass is 10.0. The van der Waals surface area contributed by atoms with Crippen LogP contribution >= 0.6 is 11.3 Å². The molecule has 2 fully saturated rings. The van der Waals surface area contributed by atoms with E-state index in [1.54, 1.807) is 11.3 Å². The van der Waals surface area contributed by atoms with E-state index < -0.39 is 0 Å². The Morgan fingerprint density at radius 3 is 2.70 bits per heavy atom. The number of rotatable bonds is 1. The number of nitrogen functional groups attached to an aromatic ring is 1. The highest BCUT2D eigenvalue weighted by Gasteiger charge is 2.40. The molecule has 4 rings (SSSR count). The molecule has 2 aromatic rings. The number of fused-ring (bicyclic) bond motifs is 1. The summed E-state index contributed by atoms with van der Waals surface area (Å²) in [5.74, 6) is -0.337. The molecule has 1 aromatic carbocycles. The number of piperidine rings is 1. The molecular formula is C14H17N3O2S. The number of benzene rings is 1. The van der Waals surface area contributed by atoms with E-state index in [0.29, 0.717) is 13.2 Å². The topological polar surface area (TPSA) is 60.6 Å². The summed E-state index contributed by atoms with van der Waals surface area (Å²) >= 11 is 1.62. The van der Waals surface area contributed by atoms with Gasteiger partial charge in [0.05, 0.1) is 34.8 Å². The normalized spacial score (nSPS) is 21.9. The average molecular weight is 291 g/mol. The van der Waals surface area contributed by atoms with Gasteiger partial charge in [0.15, 0.2) is 5.79 Å². The number of aromatic nitrogens is 1. The zero-order valence-electron chi connectivity index (χ0n) is 11.2. The third-order valence-corrected chi connectivity index (χ3v) is 4.99. The Hall–Kier alpha value is -1.37. The Balaban J connectivity index is 1.59. The van der Waals surface area contributed by atoms with Crippen LogP contribution in [0.5, 0.6) is 0 Å². The van der Waals surface area contributed by atoms with Crippen molar-refractivity contribution in [1.82, 2.24) is 4.98 Å². The highest BCUT2D eigenvalue weighted by molar-refractivity contribution is 7.16. The molecule has 2 aliphatic heterocycles. The third-order valence-electron chi connectivity index (χ3n) is 4.20. The van der Waals surface area contributed by atoms with E-state index in [2.05, 4.69) is 22.0 Å². The van der Waals surface area contributed by atoms with Gasteiger partial charge >= 0.3 is 0 Å². The molecule has 0 bridgehead atoms. The Morgan fingerprint density at radius 1 is 1.20 bits per heavy atom. The first-order valence-corrected chi connectivity index (χ1v) is 7.80. The van der Waals surface area contributed by atoms with Crippen molar-refractivity contribution in [2.75, 3.05) is 36.9 Å². The standard InChI is InChI=1S/C14H17N3O2S/c15-12-10(1-2-11-13(12)16-9-20-11)17-5-3-14(4-6-17)18-7-8-19-14/h1-2,9H,3-8,15H2. The summed E-state index contributed by atoms with van der Waals surface area (Å²) in [6.07, 6.45) is 1.78. The fourth-order valence-electron chi connectivity index (χ4n) is 3.09. The summed E-state index contributed by atoms with van der Waals surface area (Å²) in [5, 5.41) is 0. The van der Waals surface area contributed by atoms with Gasteiger partial charge in [-0.05, 0) is 12.1 Å². The molecule has 1 aromatic heterocycles. The first-order valence-electron chi connectivity index (χ1n) is 6.92. The molecule has 106 valence electrons. The number of anilines is 2. The second-order valence-electron chi connectivity index (χ2n) is 5.29. The molecule has 20 heavy (non-hydrogen) atoms. The number of hydrogen-bond donors (Lipinski definition) is 1. The van der Waals surface area contributed by atoms with E-state index in [-0.39, 0.29) is 5.79 Å². The van der Waals surface area contributed by atoms with Crippen molar-refractivity contribution in [3.63, 3.8) is 0 Å². The predicted molar refractivity (Wildman–Crippen MR) is 80.1 cm³/mol. The second kappa shape index (κ2) is 4.58. The molecule has 0 saturated carbocycles. The van der Waals surface area contributed by atoms with Crippen LogP contribution in [0.15, 0.2) is 17.6 Å². The monoisotopic (exact) mass is 291 g/mol. The molecule has 2 N–H and O–H groups in total. The molecule has 0 aliphatic carbocycles. The molecule has 2 aliphatic rings. The van der Waals surface area contributed by atoms with Crippen LogP contribution in [0, 0.1) is 0 Å². The van der Waals surface area contributed by atoms with Gasteiger partial charge in [-0.25, -0.2) is 4.98 Å². The van der Waals surface area contributed by atoms with Crippen LogP contribution in [0.3, 0.4) is 0 Å². The third kappa shape index (κ3) is 1.87. The summed E-state index contributed by atoms with van der Waals surface area (Å²) in [5.41, 5.74) is 10.9. The Kier molecular flexibility index (Phi) is 2.83. The zero-order valence-corrected chi connectivity index (χ0v) is 12.0. The predicted octanol–water partition coefficient (Wildman–Crippen LogP) is 2.22. The summed E-state index contributed by atoms with van der Waals surface area (Å²) in [4.78, 5) is 6.67. The first-order chi connectivity index (χ1) is 9.77. The quantitative estimate of drug-likeness (QED) is 0.816. The van der Waals surface area contributed by atoms with E-state index in [1.807, 2.05) is 5.51 Å². The van der Waals surface area contributed by atoms with Crippen molar-refractivity contribution in [3.8, 4) is 0 Å². The molecule has 6 heteroatoms. The summed E-state index contributed by atoms with van der Waals surface area (Å²) in [6.45, 7) is 3.24. The smallest absolute Gasteiger partial charge is 0.171 e. The van der Waals surface area contributed by atoms with Gasteiger partial charge in [0.25, 0.3) is 0 Å². The molecule has 2 saturated heterocycles. The minimum Gasteiger partial charge on any atom is -0.395 e. The Morgan fingerprint density at radius 2 is 1.95 bits per heavy atom. The Bertz CT molecular complexity index is 626. The maximum atomic E-state index is 6.28. The number of hydrogen-bond acceptors (Lipinski definition) is 6. The maximum absolute atomic E-state index is 6.28. The first kappa shape index (κ1) is 12.4. The molecule has 0 amide bonds. The van der Waals surface area contributed by atoms with Crippen LogP contribution in [0.2, 0.25) is 0 Å². The highest BCUT2D eigenvalue weighted by atomic mass is 32.1. The summed E-state index contributed by atoms with van der Waals surface area (Å²) in [6, 6.07) is 4.20. The van der Waals surface area contributed by atoms with E-state index in [4.69, 9.17) is 15.2 Å². The molecule has 1 spiro atoms. The van der Waals surface area contributed by atoms with Crippen LogP contribution in [-0.2, 0) is 9.47 Å². The van der Waals surface area contributed by atoms with Crippen LogP contribution in [-0.4, -0.2) is 37.1 Å². The van der Waals surface area contributed by atoms with Crippen molar-refractivity contribution >= 4 is 32.9 Å². The molecular weight excluding hydrogens is 274 g/mol. The van der Waals surface area contributed by atoms with E-state index in [0.717, 1.165) is 47.5 Å². The van der Waals surface area contributed by atoms with Crippen LogP contribution in [0.4, 0.5) is 11.4 Å². The van der Waals surface area contributed by atoms with Gasteiger partial charge in [-0.15, -0.1) is 11.3 Å². The zero-order chi connectivity index (χ0) is 13.6. The lowest BCUT2D eigenvalue weighted by Gasteiger charge is -2.39. The molecule has 0 radical (unpaired) electrons. The van der Waals surface area contributed by atoms with Crippen molar-refractivity contribution in [2.45, 2.75) is 18.6 Å². The van der Waals surface area contributed by atoms with Crippen molar-refractivity contribution < 1.29 is 9.47 Å². The number of nitrogens with two attached hydrogens (primary N) is 1. The lowest BCUT2D eigenvalue weighted by molar-refractivity contribution is -0.169. The van der Waals surface area contributed by atoms with E-state index >= 15 is 0 Å². The second-order valence-corrected chi connectivity index (χ2v) is 6.18. The van der Waals surface area contributed by atoms with Crippen molar-refractivity contribution in [1.29, 1.82) is 0 Å². The van der Waals surface area contributed by atoms with Gasteiger partial charge in [0.1, 0.15) is 5.52 Å². The number of ether oxygens (including phenoxy) is 2. The molecule has 5 nitrogen and oxygen atoms in total. The Labute approximate surface area is 121 Å². The largest absolute Gasteiger partial charge is 0.395 e. The summed E-state index contributed by atoms with van der Waals surface area (Å²) in [7, 11) is 0. The van der Waals surface area contributed by atoms with E-state index in [1.165, 1.54) is 0 Å². The number of nitrogens with zero attached hydrogens (tertiary/aromatic N) is 2. The summed E-state index contributed by atoms with van der Waals surface area (Å²) < 4.78 is 12.7. The van der Waals surface area contributed by atoms with Crippen molar-refractivity contribution in [2.24, 2.45) is 0 Å². The van der Waals surface area contributed by atoms with E-state index in [9.17, 15) is 0 Å². The number of thiazole rings is 1. The highest BCUT2D eigenvalue weighted by Crippen LogP contribution is 2.37. The molecule has 0 atom stereocenters.